The van der Waals surface area contributed by atoms with Crippen LogP contribution >= 0.6 is 34.5 Å². The minimum Gasteiger partial charge on any atom is -0.263 e. The van der Waals surface area contributed by atoms with E-state index in [1.165, 1.54) is 0 Å². The first-order valence-electron chi connectivity index (χ1n) is 4.79. The zero-order valence-electron chi connectivity index (χ0n) is 8.36. The molecular formula is C10H9Cl2N3S. The Morgan fingerprint density at radius 3 is 2.94 bits per heavy atom. The molecule has 0 aliphatic carbocycles. The number of nitrogens with zero attached hydrogens (tertiary/aromatic N) is 3. The lowest BCUT2D eigenvalue weighted by molar-refractivity contribution is 0.884. The average molecular weight is 274 g/mol. The molecule has 2 rings (SSSR count). The van der Waals surface area contributed by atoms with Gasteiger partial charge in [0.25, 0.3) is 0 Å². The highest BCUT2D eigenvalue weighted by molar-refractivity contribution is 7.14. The minimum atomic E-state index is 0.600. The maximum atomic E-state index is 6.03. The van der Waals surface area contributed by atoms with Gasteiger partial charge in [0, 0.05) is 30.3 Å². The largest absolute Gasteiger partial charge is 0.263 e. The molecule has 16 heavy (non-hydrogen) atoms. The van der Waals surface area contributed by atoms with Crippen LogP contribution in [0.3, 0.4) is 0 Å². The van der Waals surface area contributed by atoms with Gasteiger partial charge in [-0.1, -0.05) is 22.9 Å². The Labute approximate surface area is 107 Å². The van der Waals surface area contributed by atoms with Gasteiger partial charge in [-0.15, -0.1) is 21.8 Å². The molecule has 0 aliphatic rings. The number of aromatic nitrogens is 3. The molecule has 0 aromatic carbocycles. The highest BCUT2D eigenvalue weighted by Gasteiger charge is 2.09. The maximum Gasteiger partial charge on any atom is 0.149 e. The van der Waals surface area contributed by atoms with E-state index in [1.54, 1.807) is 23.7 Å². The summed E-state index contributed by atoms with van der Waals surface area (Å²) in [6, 6.07) is 1.84. The first kappa shape index (κ1) is 11.8. The van der Waals surface area contributed by atoms with E-state index in [2.05, 4.69) is 15.2 Å². The van der Waals surface area contributed by atoms with Gasteiger partial charge in [0.1, 0.15) is 10.0 Å². The summed E-state index contributed by atoms with van der Waals surface area (Å²) in [6.45, 7) is 0. The third-order valence-electron chi connectivity index (χ3n) is 1.99. The molecule has 3 nitrogen and oxygen atoms in total. The molecule has 0 saturated carbocycles. The van der Waals surface area contributed by atoms with Crippen molar-refractivity contribution in [3.8, 4) is 10.6 Å². The van der Waals surface area contributed by atoms with Gasteiger partial charge in [0.2, 0.25) is 0 Å². The van der Waals surface area contributed by atoms with Crippen LogP contribution in [-0.2, 0) is 6.42 Å². The quantitative estimate of drug-likeness (QED) is 0.802. The predicted octanol–water partition coefficient (Wildman–Crippen LogP) is 3.42. The molecule has 0 spiro atoms. The molecular weight excluding hydrogens is 265 g/mol. The van der Waals surface area contributed by atoms with E-state index in [1.807, 2.05) is 6.07 Å². The highest BCUT2D eigenvalue weighted by Crippen LogP contribution is 2.29. The van der Waals surface area contributed by atoms with Crippen molar-refractivity contribution in [2.45, 2.75) is 12.8 Å². The monoisotopic (exact) mass is 273 g/mol. The van der Waals surface area contributed by atoms with E-state index < -0.39 is 0 Å². The minimum absolute atomic E-state index is 0.600. The molecule has 84 valence electrons. The number of halogens is 2. The van der Waals surface area contributed by atoms with Crippen LogP contribution in [0, 0.1) is 0 Å². The first-order valence-corrected chi connectivity index (χ1v) is 6.52. The molecule has 0 aliphatic heterocycles. The number of aryl methyl sites for hydroxylation is 1. The summed E-state index contributed by atoms with van der Waals surface area (Å²) in [4.78, 5) is 3.93. The van der Waals surface area contributed by atoms with Crippen LogP contribution in [0.1, 0.15) is 11.4 Å². The fraction of sp³-hybridized carbons (Fsp3) is 0.300. The Hall–Kier alpha value is -0.710. The summed E-state index contributed by atoms with van der Waals surface area (Å²) in [5.74, 6) is 0.644. The van der Waals surface area contributed by atoms with Crippen molar-refractivity contribution in [3.63, 3.8) is 0 Å². The number of pyridine rings is 1. The lowest BCUT2D eigenvalue weighted by Gasteiger charge is -1.96. The van der Waals surface area contributed by atoms with Crippen LogP contribution in [0.4, 0.5) is 0 Å². The summed E-state index contributed by atoms with van der Waals surface area (Å²) < 4.78 is 0. The molecule has 6 heteroatoms. The van der Waals surface area contributed by atoms with Crippen LogP contribution in [0.25, 0.3) is 10.6 Å². The smallest absolute Gasteiger partial charge is 0.149 e. The van der Waals surface area contributed by atoms with Crippen molar-refractivity contribution < 1.29 is 0 Å². The topological polar surface area (TPSA) is 38.7 Å². The maximum absolute atomic E-state index is 6.03. The number of alkyl halides is 1. The Balaban J connectivity index is 2.22. The van der Waals surface area contributed by atoms with Gasteiger partial charge in [-0.25, -0.2) is 0 Å². The Kier molecular flexibility index (Phi) is 4.09. The van der Waals surface area contributed by atoms with Crippen LogP contribution in [0.15, 0.2) is 18.5 Å². The molecule has 0 saturated heterocycles. The van der Waals surface area contributed by atoms with Crippen molar-refractivity contribution in [1.29, 1.82) is 0 Å². The second-order valence-electron chi connectivity index (χ2n) is 3.15. The molecule has 0 bridgehead atoms. The van der Waals surface area contributed by atoms with E-state index in [-0.39, 0.29) is 0 Å². The number of rotatable bonds is 4. The number of hydrogen-bond donors (Lipinski definition) is 0. The summed E-state index contributed by atoms with van der Waals surface area (Å²) in [7, 11) is 0. The molecule has 0 unspecified atom stereocenters. The molecule has 0 atom stereocenters. The molecule has 2 aromatic heterocycles. The third kappa shape index (κ3) is 2.70. The Morgan fingerprint density at radius 1 is 1.31 bits per heavy atom. The van der Waals surface area contributed by atoms with E-state index in [9.17, 15) is 0 Å². The van der Waals surface area contributed by atoms with E-state index in [4.69, 9.17) is 23.2 Å². The molecule has 0 radical (unpaired) electrons. The van der Waals surface area contributed by atoms with Gasteiger partial charge in [-0.05, 0) is 12.5 Å². The van der Waals surface area contributed by atoms with Gasteiger partial charge < -0.3 is 0 Å². The fourth-order valence-corrected chi connectivity index (χ4v) is 2.55. The van der Waals surface area contributed by atoms with Crippen LogP contribution < -0.4 is 0 Å². The molecule has 2 aromatic rings. The van der Waals surface area contributed by atoms with Crippen molar-refractivity contribution in [1.82, 2.24) is 15.2 Å². The SMILES string of the molecule is ClCCCc1nnc(-c2ccncc2Cl)s1. The number of hydrogen-bond acceptors (Lipinski definition) is 4. The zero-order valence-corrected chi connectivity index (χ0v) is 10.7. The van der Waals surface area contributed by atoms with Crippen molar-refractivity contribution in [2.24, 2.45) is 0 Å². The second-order valence-corrected chi connectivity index (χ2v) is 5.00. The Bertz CT molecular complexity index is 473. The molecule has 0 N–H and O–H groups in total. The summed E-state index contributed by atoms with van der Waals surface area (Å²) >= 11 is 13.2. The van der Waals surface area contributed by atoms with Crippen LogP contribution in [-0.4, -0.2) is 21.1 Å². The van der Waals surface area contributed by atoms with E-state index >= 15 is 0 Å². The normalized spacial score (nSPS) is 10.6. The highest BCUT2D eigenvalue weighted by atomic mass is 35.5. The van der Waals surface area contributed by atoms with Gasteiger partial charge in [-0.2, -0.15) is 0 Å². The zero-order chi connectivity index (χ0) is 11.4. The summed E-state index contributed by atoms with van der Waals surface area (Å²) in [5, 5.41) is 10.6. The first-order chi connectivity index (χ1) is 7.81. The van der Waals surface area contributed by atoms with E-state index in [0.717, 1.165) is 28.4 Å². The molecule has 2 heterocycles. The van der Waals surface area contributed by atoms with Crippen LogP contribution in [0.5, 0.6) is 0 Å². The lowest BCUT2D eigenvalue weighted by atomic mass is 10.3. The van der Waals surface area contributed by atoms with Crippen molar-refractivity contribution >= 4 is 34.5 Å². The summed E-state index contributed by atoms with van der Waals surface area (Å²) in [6.07, 6.45) is 5.09. The van der Waals surface area contributed by atoms with E-state index in [0.29, 0.717) is 10.9 Å². The molecule has 0 fully saturated rings. The van der Waals surface area contributed by atoms with Crippen molar-refractivity contribution in [2.75, 3.05) is 5.88 Å². The third-order valence-corrected chi connectivity index (χ3v) is 3.58. The summed E-state index contributed by atoms with van der Waals surface area (Å²) in [5.41, 5.74) is 0.881. The van der Waals surface area contributed by atoms with Crippen LogP contribution in [0.2, 0.25) is 5.02 Å². The van der Waals surface area contributed by atoms with Gasteiger partial charge in [0.15, 0.2) is 0 Å². The van der Waals surface area contributed by atoms with Crippen molar-refractivity contribution in [3.05, 3.63) is 28.5 Å². The van der Waals surface area contributed by atoms with Gasteiger partial charge >= 0.3 is 0 Å². The van der Waals surface area contributed by atoms with Gasteiger partial charge in [-0.3, -0.25) is 4.98 Å². The lowest BCUT2D eigenvalue weighted by Crippen LogP contribution is -1.84. The molecule has 0 amide bonds. The Morgan fingerprint density at radius 2 is 2.19 bits per heavy atom. The average Bonchev–Trinajstić information content (AvgIpc) is 2.75. The van der Waals surface area contributed by atoms with Gasteiger partial charge in [0.05, 0.1) is 5.02 Å². The standard InChI is InChI=1S/C10H9Cl2N3S/c11-4-1-2-9-14-15-10(16-9)7-3-5-13-6-8(7)12/h3,5-6H,1-2,4H2. The second kappa shape index (κ2) is 5.57. The predicted molar refractivity (Wildman–Crippen MR) is 67.2 cm³/mol. The fourth-order valence-electron chi connectivity index (χ4n) is 1.23.